The van der Waals surface area contributed by atoms with Gasteiger partial charge in [-0.15, -0.1) is 0 Å². The smallest absolute Gasteiger partial charge is 0.247 e. The summed E-state index contributed by atoms with van der Waals surface area (Å²) >= 11 is 6.06. The normalized spacial score (nSPS) is 14.2. The predicted molar refractivity (Wildman–Crippen MR) is 144 cm³/mol. The topological polar surface area (TPSA) is 61.9 Å². The number of ether oxygens (including phenoxy) is 1. The average Bonchev–Trinajstić information content (AvgIpc) is 2.91. The van der Waals surface area contributed by atoms with E-state index in [1.54, 1.807) is 17.0 Å². The molecule has 0 spiro atoms. The fraction of sp³-hybridized carbons (Fsp3) is 0.310. The van der Waals surface area contributed by atoms with Gasteiger partial charge in [0.05, 0.1) is 19.6 Å². The molecular formula is C29H32ClN3O3. The molecule has 1 aliphatic heterocycles. The van der Waals surface area contributed by atoms with Crippen molar-refractivity contribution in [2.45, 2.75) is 32.4 Å². The zero-order valence-corrected chi connectivity index (χ0v) is 21.3. The zero-order valence-electron chi connectivity index (χ0n) is 20.5. The number of carbonyl (C=O) groups excluding carboxylic acids is 2. The summed E-state index contributed by atoms with van der Waals surface area (Å²) in [6.45, 7) is 5.40. The highest BCUT2D eigenvalue weighted by Gasteiger charge is 2.29. The number of benzene rings is 3. The van der Waals surface area contributed by atoms with Gasteiger partial charge in [-0.25, -0.2) is 0 Å². The maximum absolute atomic E-state index is 13.5. The number of amides is 2. The molecule has 1 unspecified atom stereocenters. The summed E-state index contributed by atoms with van der Waals surface area (Å²) in [6, 6.07) is 24.2. The molecule has 1 saturated heterocycles. The van der Waals surface area contributed by atoms with E-state index in [2.05, 4.69) is 10.2 Å². The van der Waals surface area contributed by atoms with Crippen molar-refractivity contribution in [3.8, 4) is 0 Å². The lowest BCUT2D eigenvalue weighted by atomic mass is 10.1. The van der Waals surface area contributed by atoms with Gasteiger partial charge in [0.15, 0.2) is 0 Å². The summed E-state index contributed by atoms with van der Waals surface area (Å²) in [5.74, 6) is -0.298. The Balaban J connectivity index is 1.50. The standard InChI is InChI=1S/C29H32ClN3O3/c1-2-27(29(35)31-25-12-14-26(15-13-25)32-16-18-36-19-17-32)33(21-23-8-10-24(30)11-9-23)28(34)20-22-6-4-3-5-7-22/h3-15,27H,2,16-21H2,1H3,(H,31,35). The molecule has 1 fully saturated rings. The Morgan fingerprint density at radius 2 is 1.61 bits per heavy atom. The summed E-state index contributed by atoms with van der Waals surface area (Å²) in [7, 11) is 0. The SMILES string of the molecule is CCC(C(=O)Nc1ccc(N2CCOCC2)cc1)N(Cc1ccc(Cl)cc1)C(=O)Cc1ccccc1. The maximum atomic E-state index is 13.5. The predicted octanol–water partition coefficient (Wildman–Crippen LogP) is 5.17. The molecule has 3 aromatic rings. The van der Waals surface area contributed by atoms with Crippen molar-refractivity contribution < 1.29 is 14.3 Å². The Kier molecular flexibility index (Phi) is 8.98. The van der Waals surface area contributed by atoms with E-state index in [9.17, 15) is 9.59 Å². The first-order chi connectivity index (χ1) is 17.5. The molecule has 0 aromatic heterocycles. The average molecular weight is 506 g/mol. The maximum Gasteiger partial charge on any atom is 0.247 e. The van der Waals surface area contributed by atoms with Crippen molar-refractivity contribution >= 4 is 34.8 Å². The minimum absolute atomic E-state index is 0.0965. The Morgan fingerprint density at radius 1 is 0.944 bits per heavy atom. The van der Waals surface area contributed by atoms with Crippen LogP contribution in [0.3, 0.4) is 0 Å². The second-order valence-corrected chi connectivity index (χ2v) is 9.31. The highest BCUT2D eigenvalue weighted by atomic mass is 35.5. The van der Waals surface area contributed by atoms with Crippen molar-refractivity contribution in [3.05, 3.63) is 95.0 Å². The lowest BCUT2D eigenvalue weighted by molar-refractivity contribution is -0.139. The van der Waals surface area contributed by atoms with E-state index in [4.69, 9.17) is 16.3 Å². The molecule has 2 amide bonds. The number of morpholine rings is 1. The van der Waals surface area contributed by atoms with Crippen LogP contribution in [-0.4, -0.2) is 49.1 Å². The van der Waals surface area contributed by atoms with Gasteiger partial charge in [0.25, 0.3) is 0 Å². The fourth-order valence-corrected chi connectivity index (χ4v) is 4.51. The number of halogens is 1. The van der Waals surface area contributed by atoms with Crippen LogP contribution in [0.1, 0.15) is 24.5 Å². The van der Waals surface area contributed by atoms with E-state index in [1.807, 2.05) is 73.7 Å². The molecule has 3 aromatic carbocycles. The van der Waals surface area contributed by atoms with Crippen molar-refractivity contribution in [1.82, 2.24) is 4.90 Å². The molecule has 0 saturated carbocycles. The second-order valence-electron chi connectivity index (χ2n) is 8.87. The highest BCUT2D eigenvalue weighted by molar-refractivity contribution is 6.30. The van der Waals surface area contributed by atoms with Gasteiger partial charge < -0.3 is 19.9 Å². The van der Waals surface area contributed by atoms with Crippen molar-refractivity contribution in [3.63, 3.8) is 0 Å². The lowest BCUT2D eigenvalue weighted by Gasteiger charge is -2.31. The molecule has 1 N–H and O–H groups in total. The first kappa shape index (κ1) is 25.7. The van der Waals surface area contributed by atoms with Gasteiger partial charge in [-0.1, -0.05) is 61.0 Å². The molecule has 0 radical (unpaired) electrons. The van der Waals surface area contributed by atoms with Crippen molar-refractivity contribution in [1.29, 1.82) is 0 Å². The third-order valence-corrected chi connectivity index (χ3v) is 6.61. The van der Waals surface area contributed by atoms with E-state index in [-0.39, 0.29) is 18.2 Å². The number of anilines is 2. The third-order valence-electron chi connectivity index (χ3n) is 6.36. The summed E-state index contributed by atoms with van der Waals surface area (Å²) in [6.07, 6.45) is 0.721. The Hall–Kier alpha value is -3.35. The third kappa shape index (κ3) is 6.86. The number of hydrogen-bond acceptors (Lipinski definition) is 4. The molecule has 4 rings (SSSR count). The minimum Gasteiger partial charge on any atom is -0.378 e. The number of hydrogen-bond donors (Lipinski definition) is 1. The van der Waals surface area contributed by atoms with Gasteiger partial charge >= 0.3 is 0 Å². The number of carbonyl (C=O) groups is 2. The molecule has 1 aliphatic rings. The monoisotopic (exact) mass is 505 g/mol. The van der Waals surface area contributed by atoms with Crippen LogP contribution in [0.5, 0.6) is 0 Å². The van der Waals surface area contributed by atoms with E-state index >= 15 is 0 Å². The van der Waals surface area contributed by atoms with E-state index < -0.39 is 6.04 Å². The highest BCUT2D eigenvalue weighted by Crippen LogP contribution is 2.21. The summed E-state index contributed by atoms with van der Waals surface area (Å²) < 4.78 is 5.43. The fourth-order valence-electron chi connectivity index (χ4n) is 4.38. The van der Waals surface area contributed by atoms with Gasteiger partial charge in [-0.3, -0.25) is 9.59 Å². The molecule has 0 aliphatic carbocycles. The lowest BCUT2D eigenvalue weighted by Crippen LogP contribution is -2.47. The molecule has 188 valence electrons. The molecule has 6 nitrogen and oxygen atoms in total. The molecule has 1 atom stereocenters. The van der Waals surface area contributed by atoms with Crippen LogP contribution in [0.4, 0.5) is 11.4 Å². The number of nitrogens with zero attached hydrogens (tertiary/aromatic N) is 2. The van der Waals surface area contributed by atoms with Crippen molar-refractivity contribution in [2.75, 3.05) is 36.5 Å². The van der Waals surface area contributed by atoms with Crippen LogP contribution >= 0.6 is 11.6 Å². The molecule has 36 heavy (non-hydrogen) atoms. The Labute approximate surface area is 217 Å². The molecular weight excluding hydrogens is 474 g/mol. The first-order valence-electron chi connectivity index (χ1n) is 12.3. The molecule has 1 heterocycles. The number of nitrogens with one attached hydrogen (secondary N) is 1. The van der Waals surface area contributed by atoms with Gasteiger partial charge in [0, 0.05) is 36.0 Å². The largest absolute Gasteiger partial charge is 0.378 e. The summed E-state index contributed by atoms with van der Waals surface area (Å²) in [4.78, 5) is 30.8. The second kappa shape index (κ2) is 12.6. The zero-order chi connectivity index (χ0) is 25.3. The van der Waals surface area contributed by atoms with Gasteiger partial charge in [-0.2, -0.15) is 0 Å². The van der Waals surface area contributed by atoms with Gasteiger partial charge in [0.1, 0.15) is 6.04 Å². The Morgan fingerprint density at radius 3 is 2.25 bits per heavy atom. The van der Waals surface area contributed by atoms with Crippen LogP contribution in [0.25, 0.3) is 0 Å². The summed E-state index contributed by atoms with van der Waals surface area (Å²) in [5, 5.41) is 3.65. The van der Waals surface area contributed by atoms with Crippen LogP contribution in [0.15, 0.2) is 78.9 Å². The first-order valence-corrected chi connectivity index (χ1v) is 12.7. The van der Waals surface area contributed by atoms with Crippen LogP contribution in [0.2, 0.25) is 5.02 Å². The molecule has 7 heteroatoms. The minimum atomic E-state index is -0.615. The van der Waals surface area contributed by atoms with E-state index in [0.717, 1.165) is 43.1 Å². The van der Waals surface area contributed by atoms with E-state index in [0.29, 0.717) is 23.7 Å². The van der Waals surface area contributed by atoms with Crippen molar-refractivity contribution in [2.24, 2.45) is 0 Å². The Bertz CT molecular complexity index is 1130. The number of rotatable bonds is 9. The summed E-state index contributed by atoms with van der Waals surface area (Å²) in [5.41, 5.74) is 3.64. The van der Waals surface area contributed by atoms with Crippen LogP contribution in [-0.2, 0) is 27.3 Å². The van der Waals surface area contributed by atoms with Gasteiger partial charge in [0.2, 0.25) is 11.8 Å². The van der Waals surface area contributed by atoms with E-state index in [1.165, 1.54) is 0 Å². The quantitative estimate of drug-likeness (QED) is 0.436. The van der Waals surface area contributed by atoms with Crippen LogP contribution in [0, 0.1) is 0 Å². The molecule has 0 bridgehead atoms. The van der Waals surface area contributed by atoms with Gasteiger partial charge in [-0.05, 0) is 53.9 Å². The van der Waals surface area contributed by atoms with Crippen LogP contribution < -0.4 is 10.2 Å².